The second-order valence-electron chi connectivity index (χ2n) is 23.9. The van der Waals surface area contributed by atoms with Crippen molar-refractivity contribution in [1.82, 2.24) is 28.7 Å². The SMILES string of the molecule is COc1ccc(Nc2ccc(N)cc2)c([N+](=O)[O-])c1.COc1ccc(Nc2ccc([N+](=O)[O-])cc2)c([N+](=O)[O-])c1.COc1ccc2c(c1)ncn2-c1ccc(N(C=O)CCOC2CCCCO2)cc1.COc1ccc2c(c1)ncn2-c1ccc(NC=O)cc1.COc1ccc2c(c1)ncn2-c1ccc(NCCO)cc1.Cl. The summed E-state index contributed by atoms with van der Waals surface area (Å²) in [7, 11) is 7.81. The zero-order valence-corrected chi connectivity index (χ0v) is 61.7. The van der Waals surface area contributed by atoms with Gasteiger partial charge in [-0.3, -0.25) is 53.6 Å². The van der Waals surface area contributed by atoms with E-state index < -0.39 is 14.8 Å². The van der Waals surface area contributed by atoms with Crippen LogP contribution in [0, 0.1) is 30.3 Å². The first-order chi connectivity index (χ1) is 53.5. The van der Waals surface area contributed by atoms with Gasteiger partial charge in [-0.05, 0) is 189 Å². The number of anilines is 8. The van der Waals surface area contributed by atoms with Gasteiger partial charge in [-0.25, -0.2) is 15.0 Å². The summed E-state index contributed by atoms with van der Waals surface area (Å²) in [5.74, 6) is 3.18. The summed E-state index contributed by atoms with van der Waals surface area (Å²) in [5, 5.41) is 53.0. The minimum Gasteiger partial charge on any atom is -0.497 e. The number of hydrogen-bond donors (Lipinski definition) is 6. The van der Waals surface area contributed by atoms with Crippen molar-refractivity contribution in [3.63, 3.8) is 0 Å². The number of halogens is 1. The molecule has 1 aliphatic rings. The molecule has 14 rings (SSSR count). The Bertz CT molecular complexity index is 5220. The van der Waals surface area contributed by atoms with Gasteiger partial charge in [-0.15, -0.1) is 12.4 Å². The third-order valence-corrected chi connectivity index (χ3v) is 16.9. The van der Waals surface area contributed by atoms with Gasteiger partial charge < -0.3 is 70.2 Å². The normalized spacial score (nSPS) is 11.9. The summed E-state index contributed by atoms with van der Waals surface area (Å²) >= 11 is 0. The number of nitrogen functional groups attached to an aromatic ring is 1. The molecule has 13 aromatic rings. The number of imidazole rings is 3. The maximum Gasteiger partial charge on any atom is 0.296 e. The molecule has 1 aliphatic heterocycles. The Kier molecular flexibility index (Phi) is 29.4. The highest BCUT2D eigenvalue weighted by atomic mass is 35.5. The Morgan fingerprint density at radius 3 is 1.32 bits per heavy atom. The van der Waals surface area contributed by atoms with Crippen LogP contribution in [-0.2, 0) is 19.1 Å². The van der Waals surface area contributed by atoms with Crippen LogP contribution in [-0.4, -0.2) is 136 Å². The van der Waals surface area contributed by atoms with Gasteiger partial charge in [0.25, 0.3) is 17.1 Å². The van der Waals surface area contributed by atoms with Crippen molar-refractivity contribution in [2.75, 3.05) is 100 Å². The molecular formula is C79H80ClN15O16. The molecule has 10 aromatic carbocycles. The molecule has 0 aliphatic carbocycles. The number of hydrogen-bond acceptors (Lipinski definition) is 23. The van der Waals surface area contributed by atoms with Crippen LogP contribution in [0.1, 0.15) is 19.3 Å². The van der Waals surface area contributed by atoms with Crippen LogP contribution in [0.2, 0.25) is 0 Å². The van der Waals surface area contributed by atoms with E-state index in [4.69, 9.17) is 44.0 Å². The number of nitro benzene ring substituents is 3. The monoisotopic (exact) mass is 1530 g/mol. The molecule has 0 saturated carbocycles. The molecule has 111 heavy (non-hydrogen) atoms. The number of fused-ring (bicyclic) bond motifs is 3. The highest BCUT2D eigenvalue weighted by molar-refractivity contribution is 5.85. The third-order valence-electron chi connectivity index (χ3n) is 16.9. The lowest BCUT2D eigenvalue weighted by atomic mass is 10.2. The number of aliphatic hydroxyl groups excluding tert-OH is 1. The van der Waals surface area contributed by atoms with E-state index in [1.165, 1.54) is 56.7 Å². The van der Waals surface area contributed by atoms with Gasteiger partial charge >= 0.3 is 0 Å². The number of non-ortho nitro benzene ring substituents is 1. The van der Waals surface area contributed by atoms with Gasteiger partial charge in [0.2, 0.25) is 12.8 Å². The van der Waals surface area contributed by atoms with Gasteiger partial charge in [0.1, 0.15) is 59.1 Å². The minimum absolute atomic E-state index is 0. The lowest BCUT2D eigenvalue weighted by Gasteiger charge is -2.24. The van der Waals surface area contributed by atoms with E-state index >= 15 is 0 Å². The average Bonchev–Trinajstić information content (AvgIpc) is 1.68. The third kappa shape index (κ3) is 21.9. The predicted octanol–water partition coefficient (Wildman–Crippen LogP) is 15.2. The van der Waals surface area contributed by atoms with Crippen LogP contribution in [0.25, 0.3) is 50.2 Å². The van der Waals surface area contributed by atoms with Gasteiger partial charge in [0, 0.05) is 101 Å². The standard InChI is InChI=1S/C22H25N3O4.C16H17N3O2.C15H13N3O2.C13H11N3O5.C13H13N3O3.ClH/c1-27-19-9-10-21-20(14-19)23-15-25(21)18-7-5-17(6-8-18)24(16-26)11-13-29-22-4-2-3-12-28-22;1-21-14-6-7-16-15(10-14)18-11-19(16)13-4-2-12(3-5-13)17-8-9-20;1-20-13-6-7-15-14(8-13)16-9-18(15)12-4-2-11(3-5-12)17-10-19;1-21-11-6-7-12(13(8-11)16(19)20)14-9-2-4-10(5-3-9)15(17)18;1-19-11-6-7-12(13(8-11)16(17)18)15-10-4-2-9(14)3-5-10;/h5-10,14-16,22H,2-4,11-13H2,1H3;2-7,10-11,17,20H,8-9H2,1H3;2-10H,1H3,(H,17,19);2-8,14H,1H3;2-8,15H,14H2,1H3;1H. The minimum atomic E-state index is -0.532. The molecule has 1 fully saturated rings. The van der Waals surface area contributed by atoms with E-state index in [9.17, 15) is 39.9 Å². The Morgan fingerprint density at radius 2 is 0.928 bits per heavy atom. The number of carbonyl (C=O) groups excluding carboxylic acids is 2. The quantitative estimate of drug-likeness (QED) is 0.0127. The van der Waals surface area contributed by atoms with Crippen molar-refractivity contribution in [3.8, 4) is 45.8 Å². The lowest BCUT2D eigenvalue weighted by Crippen LogP contribution is -2.29. The number of aromatic nitrogens is 6. The number of nitro groups is 3. The molecule has 0 bridgehead atoms. The topological polar surface area (TPSA) is 379 Å². The number of rotatable bonds is 26. The smallest absolute Gasteiger partial charge is 0.296 e. The summed E-state index contributed by atoms with van der Waals surface area (Å²) < 4.78 is 42.9. The number of ether oxygens (including phenoxy) is 7. The molecule has 0 radical (unpaired) electrons. The van der Waals surface area contributed by atoms with Crippen molar-refractivity contribution < 1.29 is 62.6 Å². The molecule has 32 heteroatoms. The largest absolute Gasteiger partial charge is 0.497 e. The van der Waals surface area contributed by atoms with Crippen LogP contribution < -0.4 is 55.6 Å². The van der Waals surface area contributed by atoms with Gasteiger partial charge in [0.05, 0.1) is 109 Å². The number of benzene rings is 10. The molecule has 7 N–H and O–H groups in total. The molecule has 0 spiro atoms. The summed E-state index contributed by atoms with van der Waals surface area (Å²) in [6.07, 6.45) is 9.84. The van der Waals surface area contributed by atoms with Crippen molar-refractivity contribution in [3.05, 3.63) is 262 Å². The van der Waals surface area contributed by atoms with E-state index in [0.29, 0.717) is 54.7 Å². The lowest BCUT2D eigenvalue weighted by molar-refractivity contribution is -0.384. The highest BCUT2D eigenvalue weighted by Gasteiger charge is 2.20. The Labute approximate surface area is 642 Å². The fourth-order valence-electron chi connectivity index (χ4n) is 11.2. The van der Waals surface area contributed by atoms with Crippen LogP contribution in [0.5, 0.6) is 28.7 Å². The Balaban J connectivity index is 0.000000161. The van der Waals surface area contributed by atoms with Crippen molar-refractivity contribution in [2.45, 2.75) is 25.6 Å². The fraction of sp³-hybridized carbons (Fsp3) is 0.177. The Morgan fingerprint density at radius 1 is 0.523 bits per heavy atom. The van der Waals surface area contributed by atoms with Crippen LogP contribution in [0.3, 0.4) is 0 Å². The van der Waals surface area contributed by atoms with E-state index in [1.807, 2.05) is 141 Å². The number of nitrogens with one attached hydrogen (secondary N) is 4. The zero-order chi connectivity index (χ0) is 77.9. The first kappa shape index (κ1) is 81.2. The molecule has 4 heterocycles. The summed E-state index contributed by atoms with van der Waals surface area (Å²) in [6, 6.07) is 62.4. The number of carbonyl (C=O) groups is 2. The summed E-state index contributed by atoms with van der Waals surface area (Å²) in [5.41, 5.74) is 19.1. The number of amides is 2. The van der Waals surface area contributed by atoms with Crippen molar-refractivity contribution in [1.29, 1.82) is 0 Å². The van der Waals surface area contributed by atoms with E-state index in [-0.39, 0.29) is 48.1 Å². The van der Waals surface area contributed by atoms with Gasteiger partial charge in [-0.2, -0.15) is 0 Å². The summed E-state index contributed by atoms with van der Waals surface area (Å²) in [6.45, 7) is 2.35. The van der Waals surface area contributed by atoms with Crippen molar-refractivity contribution in [2.24, 2.45) is 0 Å². The summed E-state index contributed by atoms with van der Waals surface area (Å²) in [4.78, 5) is 67.9. The molecule has 3 aromatic heterocycles. The average molecular weight is 1530 g/mol. The molecule has 1 atom stereocenters. The highest BCUT2D eigenvalue weighted by Crippen LogP contribution is 2.35. The van der Waals surface area contributed by atoms with E-state index in [1.54, 1.807) is 87.7 Å². The number of aliphatic hydroxyl groups is 1. The number of nitrogens with zero attached hydrogens (tertiary/aromatic N) is 10. The second kappa shape index (κ2) is 40.2. The molecule has 31 nitrogen and oxygen atoms in total. The molecule has 574 valence electrons. The van der Waals surface area contributed by atoms with Crippen molar-refractivity contribution >= 4 is 121 Å². The maximum atomic E-state index is 11.5. The zero-order valence-electron chi connectivity index (χ0n) is 60.9. The molecule has 2 amide bonds. The molecule has 1 unspecified atom stereocenters. The predicted molar refractivity (Wildman–Crippen MR) is 428 cm³/mol. The number of methoxy groups -OCH3 is 5. The number of nitrogens with two attached hydrogens (primary N) is 1. The first-order valence-corrected chi connectivity index (χ1v) is 34.2. The first-order valence-electron chi connectivity index (χ1n) is 34.2. The second-order valence-corrected chi connectivity index (χ2v) is 23.9. The van der Waals surface area contributed by atoms with Crippen LogP contribution >= 0.6 is 12.4 Å². The van der Waals surface area contributed by atoms with Gasteiger partial charge in [0.15, 0.2) is 6.29 Å². The van der Waals surface area contributed by atoms with Gasteiger partial charge in [-0.1, -0.05) is 0 Å². The van der Waals surface area contributed by atoms with Crippen LogP contribution in [0.15, 0.2) is 231 Å². The fourth-order valence-corrected chi connectivity index (χ4v) is 11.2. The maximum absolute atomic E-state index is 11.5. The van der Waals surface area contributed by atoms with E-state index in [2.05, 4.69) is 36.2 Å². The van der Waals surface area contributed by atoms with E-state index in [0.717, 1.165) is 122 Å². The molecule has 1 saturated heterocycles. The Hall–Kier alpha value is -13.9. The molecular weight excluding hydrogens is 1450 g/mol. The van der Waals surface area contributed by atoms with Crippen LogP contribution in [0.4, 0.5) is 62.6 Å².